The molecule has 0 saturated carbocycles. The van der Waals surface area contributed by atoms with Gasteiger partial charge < -0.3 is 14.6 Å². The quantitative estimate of drug-likeness (QED) is 0.0634. The number of thiol groups is 1. The third-order valence-corrected chi connectivity index (χ3v) is 6.27. The molecule has 13 heteroatoms. The Hall–Kier alpha value is -2.68. The average Bonchev–Trinajstić information content (AvgIpc) is 3.27. The first-order chi connectivity index (χ1) is 15.9. The molecule has 4 rings (SSSR count). The molecule has 0 saturated heterocycles. The summed E-state index contributed by atoms with van der Waals surface area (Å²) in [5.41, 5.74) is 3.33. The van der Waals surface area contributed by atoms with Crippen molar-refractivity contribution in [1.82, 2.24) is 24.1 Å². The lowest BCUT2D eigenvalue weighted by atomic mass is 10.2. The highest BCUT2D eigenvalue weighted by molar-refractivity contribution is 7.80. The van der Waals surface area contributed by atoms with E-state index in [2.05, 4.69) is 39.4 Å². The minimum absolute atomic E-state index is 0.163. The molecule has 2 heterocycles. The van der Waals surface area contributed by atoms with Crippen LogP contribution in [0.2, 0.25) is 0 Å². The van der Waals surface area contributed by atoms with Gasteiger partial charge in [0.2, 0.25) is 0 Å². The van der Waals surface area contributed by atoms with Crippen LogP contribution in [0, 0.1) is 9.54 Å². The lowest BCUT2D eigenvalue weighted by Gasteiger charge is -2.15. The smallest absolute Gasteiger partial charge is 0.259 e. The van der Waals surface area contributed by atoms with Gasteiger partial charge in [0.25, 0.3) is 11.3 Å². The third-order valence-electron chi connectivity index (χ3n) is 4.83. The number of benzene rings is 2. The Morgan fingerprint density at radius 3 is 2.64 bits per heavy atom. The first-order valence-electron chi connectivity index (χ1n) is 9.55. The number of nitrogens with one attached hydrogen (secondary N) is 4. The number of H-pyrrole nitrogens is 2. The van der Waals surface area contributed by atoms with Crippen LogP contribution in [0.5, 0.6) is 0 Å². The molecule has 2 aromatic carbocycles. The number of aromatic nitrogens is 4. The molecular formula is C20H20N6O3S4. The number of hydrogen-bond acceptors (Lipinski definition) is 6. The topological polar surface area (TPSA) is 112 Å². The summed E-state index contributed by atoms with van der Waals surface area (Å²) in [6.07, 6.45) is 0. The van der Waals surface area contributed by atoms with Gasteiger partial charge >= 0.3 is 0 Å². The van der Waals surface area contributed by atoms with E-state index in [-0.39, 0.29) is 19.2 Å². The lowest BCUT2D eigenvalue weighted by Crippen LogP contribution is -2.18. The molecular weight excluding hydrogens is 501 g/mol. The molecule has 33 heavy (non-hydrogen) atoms. The van der Waals surface area contributed by atoms with Crippen LogP contribution in [0.25, 0.3) is 22.3 Å². The summed E-state index contributed by atoms with van der Waals surface area (Å²) in [5.74, 6) is 0. The normalized spacial score (nSPS) is 12.1. The Bertz CT molecular complexity index is 1440. The fraction of sp³-hybridized carbons (Fsp3) is 0.100. The molecule has 0 aliphatic rings. The second kappa shape index (κ2) is 10.1. The van der Waals surface area contributed by atoms with E-state index in [1.165, 1.54) is 0 Å². The highest BCUT2D eigenvalue weighted by Gasteiger charge is 2.18. The van der Waals surface area contributed by atoms with Gasteiger partial charge in [0.15, 0.2) is 9.54 Å². The van der Waals surface area contributed by atoms with Crippen molar-refractivity contribution in [3.63, 3.8) is 0 Å². The van der Waals surface area contributed by atoms with Gasteiger partial charge in [-0.2, -0.15) is 0 Å². The standard InChI is InChI=1S/C20H20N6O3S4/c1-12(24-33(27)28)17-18(30)15-7-2-3-8-16(15)25(17)11-29-10-21-13-5-4-6-14(9-13)26-19(31)22-23-20(26)32/h2-9,21,24,30H,1,10-11H2,(H,22,31)(H,23,32)(H,27,28). The summed E-state index contributed by atoms with van der Waals surface area (Å²) >= 11 is 12.9. The van der Waals surface area contributed by atoms with Crippen LogP contribution in [-0.2, 0) is 22.7 Å². The van der Waals surface area contributed by atoms with Gasteiger partial charge in [-0.1, -0.05) is 30.8 Å². The van der Waals surface area contributed by atoms with Crippen molar-refractivity contribution in [1.29, 1.82) is 0 Å². The minimum atomic E-state index is -2.26. The van der Waals surface area contributed by atoms with Crippen molar-refractivity contribution in [2.75, 3.05) is 12.0 Å². The SMILES string of the molecule is C=C(NS(=O)O)c1c(S)c2ccccc2n1COCNc1cccc(-n2c(=S)[nH][nH]c2=S)c1. The van der Waals surface area contributed by atoms with Crippen LogP contribution >= 0.6 is 37.1 Å². The van der Waals surface area contributed by atoms with Gasteiger partial charge in [-0.25, -0.2) is 4.21 Å². The maximum absolute atomic E-state index is 11.2. The Morgan fingerprint density at radius 1 is 1.18 bits per heavy atom. The highest BCUT2D eigenvalue weighted by Crippen LogP contribution is 2.32. The van der Waals surface area contributed by atoms with E-state index >= 15 is 0 Å². The van der Waals surface area contributed by atoms with Crippen molar-refractivity contribution < 1.29 is 13.5 Å². The largest absolute Gasteiger partial charge is 0.363 e. The maximum Gasteiger partial charge on any atom is 0.259 e. The number of para-hydroxylation sites is 1. The highest BCUT2D eigenvalue weighted by atomic mass is 32.2. The van der Waals surface area contributed by atoms with E-state index in [1.807, 2.05) is 53.1 Å². The fourth-order valence-electron chi connectivity index (χ4n) is 3.45. The minimum Gasteiger partial charge on any atom is -0.363 e. The summed E-state index contributed by atoms with van der Waals surface area (Å²) in [6, 6.07) is 15.2. The van der Waals surface area contributed by atoms with Crippen LogP contribution in [0.15, 0.2) is 60.0 Å². The average molecular weight is 521 g/mol. The third kappa shape index (κ3) is 4.98. The number of aromatic amines is 2. The van der Waals surface area contributed by atoms with Crippen LogP contribution in [-0.4, -0.2) is 34.8 Å². The van der Waals surface area contributed by atoms with Crippen LogP contribution < -0.4 is 10.0 Å². The molecule has 0 fully saturated rings. The van der Waals surface area contributed by atoms with Crippen LogP contribution in [0.3, 0.4) is 0 Å². The Morgan fingerprint density at radius 2 is 1.91 bits per heavy atom. The van der Waals surface area contributed by atoms with Crippen molar-refractivity contribution in [3.05, 3.63) is 70.3 Å². The summed E-state index contributed by atoms with van der Waals surface area (Å²) < 4.78 is 33.2. The van der Waals surface area contributed by atoms with E-state index in [9.17, 15) is 8.76 Å². The Labute approximate surface area is 207 Å². The summed E-state index contributed by atoms with van der Waals surface area (Å²) in [7, 11) is 0. The van der Waals surface area contributed by atoms with E-state index in [4.69, 9.17) is 29.2 Å². The monoisotopic (exact) mass is 520 g/mol. The zero-order chi connectivity index (χ0) is 23.5. The molecule has 0 aliphatic heterocycles. The Balaban J connectivity index is 1.51. The first-order valence-corrected chi connectivity index (χ1v) is 11.9. The van der Waals surface area contributed by atoms with Gasteiger partial charge in [-0.15, -0.1) is 12.6 Å². The number of ether oxygens (including phenoxy) is 1. The van der Waals surface area contributed by atoms with Crippen molar-refractivity contribution in [2.24, 2.45) is 0 Å². The van der Waals surface area contributed by atoms with E-state index in [0.29, 0.717) is 20.1 Å². The molecule has 1 unspecified atom stereocenters. The van der Waals surface area contributed by atoms with Crippen molar-refractivity contribution >= 4 is 70.6 Å². The molecule has 5 N–H and O–H groups in total. The second-order valence-corrected chi connectivity index (χ2v) is 8.80. The number of rotatable bonds is 9. The number of fused-ring (bicyclic) bond motifs is 1. The molecule has 1 atom stereocenters. The van der Waals surface area contributed by atoms with Gasteiger partial charge in [0.05, 0.1) is 22.6 Å². The van der Waals surface area contributed by atoms with Crippen molar-refractivity contribution in [3.8, 4) is 5.69 Å². The molecule has 0 amide bonds. The van der Waals surface area contributed by atoms with E-state index in [1.54, 1.807) is 4.57 Å². The Kier molecular flexibility index (Phi) is 7.17. The van der Waals surface area contributed by atoms with Gasteiger partial charge in [0, 0.05) is 16.0 Å². The molecule has 0 radical (unpaired) electrons. The van der Waals surface area contributed by atoms with Crippen LogP contribution in [0.4, 0.5) is 5.69 Å². The number of anilines is 1. The van der Waals surface area contributed by atoms with E-state index in [0.717, 1.165) is 22.3 Å². The molecule has 172 valence electrons. The molecule has 0 spiro atoms. The van der Waals surface area contributed by atoms with E-state index < -0.39 is 11.3 Å². The molecule has 0 bridgehead atoms. The van der Waals surface area contributed by atoms with Crippen molar-refractivity contribution in [2.45, 2.75) is 11.6 Å². The molecule has 4 aromatic rings. The predicted molar refractivity (Wildman–Crippen MR) is 138 cm³/mol. The summed E-state index contributed by atoms with van der Waals surface area (Å²) in [4.78, 5) is 0.637. The number of hydrogen-bond donors (Lipinski definition) is 6. The zero-order valence-electron chi connectivity index (χ0n) is 17.1. The predicted octanol–water partition coefficient (Wildman–Crippen LogP) is 4.58. The first kappa shape index (κ1) is 23.5. The van der Waals surface area contributed by atoms with Crippen LogP contribution in [0.1, 0.15) is 5.69 Å². The molecule has 9 nitrogen and oxygen atoms in total. The number of nitrogens with zero attached hydrogens (tertiary/aromatic N) is 2. The fourth-order valence-corrected chi connectivity index (χ4v) is 4.76. The second-order valence-electron chi connectivity index (χ2n) is 6.87. The maximum atomic E-state index is 11.2. The summed E-state index contributed by atoms with van der Waals surface area (Å²) in [6.45, 7) is 4.24. The summed E-state index contributed by atoms with van der Waals surface area (Å²) in [5, 5.41) is 9.72. The van der Waals surface area contributed by atoms with Gasteiger partial charge in [-0.05, 0) is 48.7 Å². The zero-order valence-corrected chi connectivity index (χ0v) is 20.4. The lowest BCUT2D eigenvalue weighted by molar-refractivity contribution is 0.0940. The molecule has 2 aromatic heterocycles. The van der Waals surface area contributed by atoms with Gasteiger partial charge in [0.1, 0.15) is 13.5 Å². The molecule has 0 aliphatic carbocycles. The van der Waals surface area contributed by atoms with Gasteiger partial charge in [-0.3, -0.25) is 24.0 Å².